The molecule has 2 aromatic heterocycles. The Morgan fingerprint density at radius 3 is 2.60 bits per heavy atom. The molecule has 5 aromatic rings. The molecule has 1 fully saturated rings. The number of benzene rings is 3. The Bertz CT molecular complexity index is 1960. The van der Waals surface area contributed by atoms with Gasteiger partial charge in [-0.25, -0.2) is 9.07 Å². The van der Waals surface area contributed by atoms with Gasteiger partial charge in [-0.1, -0.05) is 52.7 Å². The molecular weight excluding hydrogens is 638 g/mol. The van der Waals surface area contributed by atoms with Gasteiger partial charge in [0.05, 0.1) is 52.4 Å². The summed E-state index contributed by atoms with van der Waals surface area (Å²) in [5.41, 5.74) is 4.82. The highest BCUT2D eigenvalue weighted by molar-refractivity contribution is 6.32. The van der Waals surface area contributed by atoms with Crippen molar-refractivity contribution in [1.82, 2.24) is 24.9 Å². The molecule has 0 radical (unpaired) electrons. The molecule has 3 heterocycles. The molecule has 1 atom stereocenters. The zero-order chi connectivity index (χ0) is 33.3. The van der Waals surface area contributed by atoms with Gasteiger partial charge in [0.25, 0.3) is 0 Å². The molecule has 0 saturated carbocycles. The Kier molecular flexibility index (Phi) is 9.35. The number of nitrogens with zero attached hydrogens (tertiary/aromatic N) is 6. The van der Waals surface area contributed by atoms with E-state index in [1.807, 2.05) is 35.1 Å². The third-order valence-electron chi connectivity index (χ3n) is 8.62. The lowest BCUT2D eigenvalue weighted by molar-refractivity contribution is 0.0866. The van der Waals surface area contributed by atoms with Crippen molar-refractivity contribution < 1.29 is 9.50 Å². The third-order valence-corrected chi connectivity index (χ3v) is 9.13. The van der Waals surface area contributed by atoms with E-state index in [0.29, 0.717) is 38.7 Å². The quantitative estimate of drug-likeness (QED) is 0.152. The van der Waals surface area contributed by atoms with Crippen LogP contribution in [0.25, 0.3) is 10.9 Å². The molecule has 0 amide bonds. The highest BCUT2D eigenvalue weighted by atomic mass is 35.5. The normalized spacial score (nSPS) is 15.0. The fourth-order valence-electron chi connectivity index (χ4n) is 6.07. The van der Waals surface area contributed by atoms with Gasteiger partial charge in [-0.15, -0.1) is 5.10 Å². The molecule has 6 rings (SSSR count). The lowest BCUT2D eigenvalue weighted by atomic mass is 9.98. The van der Waals surface area contributed by atoms with Crippen LogP contribution in [0.2, 0.25) is 10.0 Å². The molecule has 1 aliphatic rings. The van der Waals surface area contributed by atoms with Crippen LogP contribution in [0.15, 0.2) is 67.0 Å². The first kappa shape index (κ1) is 32.7. The number of nitriles is 1. The summed E-state index contributed by atoms with van der Waals surface area (Å²) >= 11 is 12.7. The van der Waals surface area contributed by atoms with Crippen molar-refractivity contribution in [2.45, 2.75) is 57.8 Å². The van der Waals surface area contributed by atoms with Gasteiger partial charge >= 0.3 is 0 Å². The van der Waals surface area contributed by atoms with E-state index in [0.717, 1.165) is 37.1 Å². The molecule has 3 aromatic carbocycles. The maximum Gasteiger partial charge on any atom is 0.141 e. The number of hydrogen-bond acceptors (Lipinski definition) is 8. The summed E-state index contributed by atoms with van der Waals surface area (Å²) in [6.07, 6.45) is 5.41. The smallest absolute Gasteiger partial charge is 0.141 e. The predicted molar refractivity (Wildman–Crippen MR) is 184 cm³/mol. The number of aliphatic hydroxyl groups excluding tert-OH is 1. The van der Waals surface area contributed by atoms with E-state index in [1.165, 1.54) is 18.3 Å². The SMILES string of the molecule is CC(C)(C)N1CCC(n2cc([C@@H](Nc3cc(Cl)cc4c(Nc5ccc(F)c(Cl)c5)c(C#N)cnc34)c3cccc(CO)c3)nn2)CC1. The van der Waals surface area contributed by atoms with Gasteiger partial charge in [0.2, 0.25) is 0 Å². The van der Waals surface area contributed by atoms with Crippen molar-refractivity contribution in [1.29, 1.82) is 5.26 Å². The second kappa shape index (κ2) is 13.5. The lowest BCUT2D eigenvalue weighted by Crippen LogP contribution is -2.46. The van der Waals surface area contributed by atoms with Crippen LogP contribution in [0, 0.1) is 17.1 Å². The molecule has 0 aliphatic carbocycles. The summed E-state index contributed by atoms with van der Waals surface area (Å²) in [5.74, 6) is -0.546. The Labute approximate surface area is 282 Å². The van der Waals surface area contributed by atoms with Crippen molar-refractivity contribution in [3.63, 3.8) is 0 Å². The van der Waals surface area contributed by atoms with Crippen molar-refractivity contribution in [2.75, 3.05) is 23.7 Å². The average molecular weight is 674 g/mol. The number of hydrogen-bond donors (Lipinski definition) is 3. The molecule has 0 spiro atoms. The molecule has 242 valence electrons. The topological polar surface area (TPSA) is 115 Å². The van der Waals surface area contributed by atoms with Crippen LogP contribution in [0.1, 0.15) is 68.1 Å². The zero-order valence-corrected chi connectivity index (χ0v) is 27.8. The number of halogens is 3. The monoisotopic (exact) mass is 672 g/mol. The van der Waals surface area contributed by atoms with E-state index < -0.39 is 11.9 Å². The fourth-order valence-corrected chi connectivity index (χ4v) is 6.47. The van der Waals surface area contributed by atoms with Gasteiger partial charge in [-0.3, -0.25) is 9.88 Å². The first-order valence-corrected chi connectivity index (χ1v) is 16.2. The van der Waals surface area contributed by atoms with Gasteiger partial charge in [0.15, 0.2) is 0 Å². The van der Waals surface area contributed by atoms with Crippen LogP contribution >= 0.6 is 23.2 Å². The number of piperidine rings is 1. The fraction of sp³-hybridized carbons (Fsp3) is 0.314. The molecule has 9 nitrogen and oxygen atoms in total. The Morgan fingerprint density at radius 2 is 1.89 bits per heavy atom. The van der Waals surface area contributed by atoms with Gasteiger partial charge < -0.3 is 15.7 Å². The highest BCUT2D eigenvalue weighted by Gasteiger charge is 2.29. The number of aliphatic hydroxyl groups is 1. The first-order valence-electron chi connectivity index (χ1n) is 15.4. The largest absolute Gasteiger partial charge is 0.392 e. The summed E-state index contributed by atoms with van der Waals surface area (Å²) in [7, 11) is 0. The minimum atomic E-state index is -0.546. The summed E-state index contributed by atoms with van der Waals surface area (Å²) in [5, 5.41) is 36.8. The molecule has 0 bridgehead atoms. The molecule has 47 heavy (non-hydrogen) atoms. The zero-order valence-electron chi connectivity index (χ0n) is 26.3. The average Bonchev–Trinajstić information content (AvgIpc) is 3.55. The molecule has 3 N–H and O–H groups in total. The van der Waals surface area contributed by atoms with Gasteiger partial charge in [0, 0.05) is 40.9 Å². The summed E-state index contributed by atoms with van der Waals surface area (Å²) in [6.45, 7) is 8.57. The molecule has 12 heteroatoms. The summed E-state index contributed by atoms with van der Waals surface area (Å²) < 4.78 is 15.8. The van der Waals surface area contributed by atoms with Gasteiger partial charge in [0.1, 0.15) is 17.6 Å². The number of fused-ring (bicyclic) bond motifs is 1. The van der Waals surface area contributed by atoms with Crippen molar-refractivity contribution in [3.05, 3.63) is 105 Å². The van der Waals surface area contributed by atoms with E-state index in [9.17, 15) is 14.8 Å². The van der Waals surface area contributed by atoms with Crippen LogP contribution in [-0.4, -0.2) is 48.6 Å². The van der Waals surface area contributed by atoms with E-state index in [1.54, 1.807) is 18.2 Å². The molecule has 1 saturated heterocycles. The van der Waals surface area contributed by atoms with Gasteiger partial charge in [-0.05, 0) is 75.1 Å². The molecule has 0 unspecified atom stereocenters. The summed E-state index contributed by atoms with van der Waals surface area (Å²) in [4.78, 5) is 7.15. The lowest BCUT2D eigenvalue weighted by Gasteiger charge is -2.40. The number of likely N-dealkylation sites (tertiary alicyclic amines) is 1. The maximum atomic E-state index is 13.9. The molecular formula is C35H35Cl2FN8O. The van der Waals surface area contributed by atoms with E-state index in [2.05, 4.69) is 57.7 Å². The first-order chi connectivity index (χ1) is 22.5. The van der Waals surface area contributed by atoms with E-state index >= 15 is 0 Å². The van der Waals surface area contributed by atoms with Crippen LogP contribution < -0.4 is 10.6 Å². The van der Waals surface area contributed by atoms with Crippen molar-refractivity contribution in [2.24, 2.45) is 0 Å². The van der Waals surface area contributed by atoms with Crippen molar-refractivity contribution >= 4 is 51.2 Å². The van der Waals surface area contributed by atoms with Crippen molar-refractivity contribution in [3.8, 4) is 6.07 Å². The van der Waals surface area contributed by atoms with E-state index in [4.69, 9.17) is 23.2 Å². The van der Waals surface area contributed by atoms with Crippen LogP contribution in [0.3, 0.4) is 0 Å². The summed E-state index contributed by atoms with van der Waals surface area (Å²) in [6, 6.07) is 17.3. The Morgan fingerprint density at radius 1 is 1.11 bits per heavy atom. The maximum absolute atomic E-state index is 13.9. The van der Waals surface area contributed by atoms with Crippen LogP contribution in [0.4, 0.5) is 21.5 Å². The third kappa shape index (κ3) is 7.04. The number of rotatable bonds is 8. The number of pyridine rings is 1. The molecule has 1 aliphatic heterocycles. The van der Waals surface area contributed by atoms with Gasteiger partial charge in [-0.2, -0.15) is 5.26 Å². The Balaban J connectivity index is 1.39. The number of anilines is 3. The minimum absolute atomic E-state index is 0.0481. The standard InChI is InChI=1S/C35H35Cl2FN8O/c1-35(2,3)45-11-9-26(10-12-45)46-19-31(43-44-46)33(22-6-4-5-21(13-22)20-47)42-30-15-24(36)14-27-32(23(17-39)18-40-34(27)30)41-25-7-8-29(38)28(37)16-25/h4-8,13-16,18-19,26,33,42,47H,9-12,20H2,1-3H3,(H,40,41)/t33-/m0/s1. The number of aromatic nitrogens is 4. The highest BCUT2D eigenvalue weighted by Crippen LogP contribution is 2.38. The second-order valence-corrected chi connectivity index (χ2v) is 13.6. The minimum Gasteiger partial charge on any atom is -0.392 e. The number of nitrogens with one attached hydrogen (secondary N) is 2. The second-order valence-electron chi connectivity index (χ2n) is 12.8. The Hall–Kier alpha value is -4.27. The van der Waals surface area contributed by atoms with Crippen LogP contribution in [-0.2, 0) is 6.61 Å². The van der Waals surface area contributed by atoms with E-state index in [-0.39, 0.29) is 28.8 Å². The predicted octanol–water partition coefficient (Wildman–Crippen LogP) is 8.02. The van der Waals surface area contributed by atoms with Crippen LogP contribution in [0.5, 0.6) is 0 Å².